The molecule has 1 atom stereocenters. The molecule has 0 bridgehead atoms. The van der Waals surface area contributed by atoms with Gasteiger partial charge in [-0.15, -0.1) is 10.2 Å². The number of hydrogen-bond acceptors (Lipinski definition) is 7. The van der Waals surface area contributed by atoms with Crippen LogP contribution in [0.4, 0.5) is 5.95 Å². The molecule has 10 heteroatoms. The fourth-order valence-electron chi connectivity index (χ4n) is 3.84. The molecule has 0 aliphatic carbocycles. The van der Waals surface area contributed by atoms with Crippen molar-refractivity contribution in [1.82, 2.24) is 19.1 Å². The van der Waals surface area contributed by atoms with Crippen LogP contribution in [0.25, 0.3) is 0 Å². The predicted molar refractivity (Wildman–Crippen MR) is 109 cm³/mol. The quantitative estimate of drug-likeness (QED) is 0.668. The monoisotopic (exact) mass is 425 g/mol. The van der Waals surface area contributed by atoms with Crippen molar-refractivity contribution in [3.05, 3.63) is 28.2 Å². The first kappa shape index (κ1) is 19.8. The van der Waals surface area contributed by atoms with Gasteiger partial charge in [0.2, 0.25) is 16.0 Å². The Morgan fingerprint density at radius 3 is 2.71 bits per heavy atom. The summed E-state index contributed by atoms with van der Waals surface area (Å²) in [6.07, 6.45) is 4.20. The van der Waals surface area contributed by atoms with E-state index < -0.39 is 10.0 Å². The SMILES string of the molecule is CS(=O)(=O)N1CCN(c2nnc(Cc3ccsc3)n2CCC2CCOC2)CC1. The van der Waals surface area contributed by atoms with Crippen LogP contribution in [0.1, 0.15) is 24.2 Å². The van der Waals surface area contributed by atoms with E-state index in [2.05, 4.69) is 36.5 Å². The molecule has 4 heterocycles. The lowest BCUT2D eigenvalue weighted by atomic mass is 10.1. The molecule has 0 N–H and O–H groups in total. The molecule has 2 fully saturated rings. The van der Waals surface area contributed by atoms with Crippen LogP contribution in [0.5, 0.6) is 0 Å². The third-order valence-corrected chi connectivity index (χ3v) is 7.56. The molecule has 2 aliphatic rings. The largest absolute Gasteiger partial charge is 0.381 e. The van der Waals surface area contributed by atoms with Gasteiger partial charge < -0.3 is 9.64 Å². The molecular formula is C18H27N5O3S2. The summed E-state index contributed by atoms with van der Waals surface area (Å²) in [5, 5.41) is 13.2. The van der Waals surface area contributed by atoms with Crippen LogP contribution in [-0.4, -0.2) is 73.1 Å². The van der Waals surface area contributed by atoms with Gasteiger partial charge in [0.15, 0.2) is 0 Å². The Balaban J connectivity index is 1.51. The van der Waals surface area contributed by atoms with Crippen LogP contribution in [0.3, 0.4) is 0 Å². The summed E-state index contributed by atoms with van der Waals surface area (Å²) in [4.78, 5) is 2.16. The minimum absolute atomic E-state index is 0.488. The molecule has 2 aromatic rings. The molecule has 28 heavy (non-hydrogen) atoms. The average molecular weight is 426 g/mol. The smallest absolute Gasteiger partial charge is 0.227 e. The van der Waals surface area contributed by atoms with Crippen molar-refractivity contribution in [2.45, 2.75) is 25.8 Å². The van der Waals surface area contributed by atoms with Gasteiger partial charge in [-0.3, -0.25) is 4.57 Å². The first-order valence-electron chi connectivity index (χ1n) is 9.71. The van der Waals surface area contributed by atoms with E-state index in [1.165, 1.54) is 16.1 Å². The predicted octanol–water partition coefficient (Wildman–Crippen LogP) is 1.44. The van der Waals surface area contributed by atoms with Crippen molar-refractivity contribution in [3.63, 3.8) is 0 Å². The summed E-state index contributed by atoms with van der Waals surface area (Å²) in [5.41, 5.74) is 1.25. The van der Waals surface area contributed by atoms with Gasteiger partial charge in [-0.05, 0) is 41.1 Å². The highest BCUT2D eigenvalue weighted by atomic mass is 32.2. The second-order valence-corrected chi connectivity index (χ2v) is 10.3. The highest BCUT2D eigenvalue weighted by molar-refractivity contribution is 7.88. The van der Waals surface area contributed by atoms with Gasteiger partial charge in [-0.2, -0.15) is 15.6 Å². The Labute approximate surface area is 170 Å². The number of hydrogen-bond donors (Lipinski definition) is 0. The van der Waals surface area contributed by atoms with Crippen LogP contribution in [-0.2, 0) is 27.7 Å². The Bertz CT molecular complexity index is 867. The molecule has 2 aliphatic heterocycles. The third kappa shape index (κ3) is 4.56. The minimum Gasteiger partial charge on any atom is -0.381 e. The topological polar surface area (TPSA) is 80.6 Å². The number of rotatable bonds is 7. The summed E-state index contributed by atoms with van der Waals surface area (Å²) in [5.74, 6) is 2.42. The van der Waals surface area contributed by atoms with E-state index in [4.69, 9.17) is 4.74 Å². The van der Waals surface area contributed by atoms with E-state index in [0.717, 1.165) is 50.8 Å². The summed E-state index contributed by atoms with van der Waals surface area (Å²) in [6, 6.07) is 2.12. The molecule has 0 saturated carbocycles. The van der Waals surface area contributed by atoms with Gasteiger partial charge in [0.1, 0.15) is 5.82 Å². The number of anilines is 1. The van der Waals surface area contributed by atoms with Crippen molar-refractivity contribution in [2.24, 2.45) is 5.92 Å². The molecule has 1 unspecified atom stereocenters. The van der Waals surface area contributed by atoms with Crippen LogP contribution in [0, 0.1) is 5.92 Å². The van der Waals surface area contributed by atoms with E-state index >= 15 is 0 Å². The molecule has 0 aromatic carbocycles. The Morgan fingerprint density at radius 1 is 1.25 bits per heavy atom. The second kappa shape index (κ2) is 8.48. The molecule has 2 aromatic heterocycles. The maximum absolute atomic E-state index is 11.8. The Kier molecular flexibility index (Phi) is 6.00. The fourth-order valence-corrected chi connectivity index (χ4v) is 5.33. The van der Waals surface area contributed by atoms with Crippen LogP contribution >= 0.6 is 11.3 Å². The van der Waals surface area contributed by atoms with E-state index in [0.29, 0.717) is 32.1 Å². The zero-order valence-corrected chi connectivity index (χ0v) is 17.8. The highest BCUT2D eigenvalue weighted by Gasteiger charge is 2.27. The molecule has 4 rings (SSSR count). The summed E-state index contributed by atoms with van der Waals surface area (Å²) < 4.78 is 32.9. The summed E-state index contributed by atoms with van der Waals surface area (Å²) in [7, 11) is -3.14. The van der Waals surface area contributed by atoms with Crippen molar-refractivity contribution in [2.75, 3.05) is 50.5 Å². The normalized spacial score (nSPS) is 21.5. The second-order valence-electron chi connectivity index (χ2n) is 7.54. The molecule has 154 valence electrons. The lowest BCUT2D eigenvalue weighted by Gasteiger charge is -2.34. The molecule has 8 nitrogen and oxygen atoms in total. The number of piperazine rings is 1. The number of ether oxygens (including phenoxy) is 1. The molecular weight excluding hydrogens is 398 g/mol. The minimum atomic E-state index is -3.14. The Morgan fingerprint density at radius 2 is 2.07 bits per heavy atom. The van der Waals surface area contributed by atoms with Crippen molar-refractivity contribution in [1.29, 1.82) is 0 Å². The third-order valence-electron chi connectivity index (χ3n) is 5.53. The first-order valence-corrected chi connectivity index (χ1v) is 12.5. The first-order chi connectivity index (χ1) is 13.5. The van der Waals surface area contributed by atoms with Gasteiger partial charge in [-0.25, -0.2) is 8.42 Å². The van der Waals surface area contributed by atoms with E-state index in [1.807, 2.05) is 0 Å². The van der Waals surface area contributed by atoms with Crippen molar-refractivity contribution >= 4 is 27.3 Å². The van der Waals surface area contributed by atoms with Gasteiger partial charge >= 0.3 is 0 Å². The number of sulfonamides is 1. The lowest BCUT2D eigenvalue weighted by molar-refractivity contribution is 0.183. The highest BCUT2D eigenvalue weighted by Crippen LogP contribution is 2.23. The fraction of sp³-hybridized carbons (Fsp3) is 0.667. The standard InChI is InChI=1S/C18H27N5O3S2/c1-28(24,25)22-8-6-21(7-9-22)18-20-19-17(12-16-4-11-27-14-16)23(18)5-2-15-3-10-26-13-15/h4,11,14-15H,2-3,5-10,12-13H2,1H3. The zero-order chi connectivity index (χ0) is 19.6. The van der Waals surface area contributed by atoms with Gasteiger partial charge in [0.05, 0.1) is 6.26 Å². The molecule has 2 saturated heterocycles. The maximum Gasteiger partial charge on any atom is 0.227 e. The van der Waals surface area contributed by atoms with Crippen LogP contribution in [0.15, 0.2) is 16.8 Å². The number of nitrogens with zero attached hydrogens (tertiary/aromatic N) is 5. The summed E-state index contributed by atoms with van der Waals surface area (Å²) in [6.45, 7) is 4.80. The van der Waals surface area contributed by atoms with Crippen LogP contribution in [0.2, 0.25) is 0 Å². The zero-order valence-electron chi connectivity index (χ0n) is 16.2. The van der Waals surface area contributed by atoms with E-state index in [-0.39, 0.29) is 0 Å². The number of aromatic nitrogens is 3. The van der Waals surface area contributed by atoms with Gasteiger partial charge in [0, 0.05) is 52.4 Å². The summed E-state index contributed by atoms with van der Waals surface area (Å²) >= 11 is 1.69. The van der Waals surface area contributed by atoms with Crippen molar-refractivity contribution < 1.29 is 13.2 Å². The molecule has 0 spiro atoms. The van der Waals surface area contributed by atoms with E-state index in [9.17, 15) is 8.42 Å². The van der Waals surface area contributed by atoms with Gasteiger partial charge in [-0.1, -0.05) is 0 Å². The van der Waals surface area contributed by atoms with Gasteiger partial charge in [0.25, 0.3) is 0 Å². The van der Waals surface area contributed by atoms with E-state index in [1.54, 1.807) is 11.3 Å². The van der Waals surface area contributed by atoms with Crippen LogP contribution < -0.4 is 4.90 Å². The maximum atomic E-state index is 11.8. The Hall–Kier alpha value is -1.49. The number of thiophene rings is 1. The lowest BCUT2D eigenvalue weighted by Crippen LogP contribution is -2.49. The molecule has 0 amide bonds. The van der Waals surface area contributed by atoms with Crippen molar-refractivity contribution in [3.8, 4) is 0 Å². The average Bonchev–Trinajstić information content (AvgIpc) is 3.42. The molecule has 0 radical (unpaired) electrons.